The zero-order chi connectivity index (χ0) is 22.9. The van der Waals surface area contributed by atoms with Gasteiger partial charge in [-0.25, -0.2) is 8.78 Å². The van der Waals surface area contributed by atoms with Crippen molar-refractivity contribution in [3.63, 3.8) is 0 Å². The third-order valence-electron chi connectivity index (χ3n) is 5.79. The first kappa shape index (κ1) is 21.6. The van der Waals surface area contributed by atoms with Crippen LogP contribution < -0.4 is 4.90 Å². The van der Waals surface area contributed by atoms with Crippen molar-refractivity contribution in [2.45, 2.75) is 29.2 Å². The standard InChI is InChI=1S/C26H24F2N4S/c1-31(2)22-13-15-23(16-14-22)32-25(19-3-4-19)29-30-26(32)33-24(17-5-9-20(27)10-6-17)18-7-11-21(28)12-8-18/h5-16,19,24H,3-4H2,1-2H3. The summed E-state index contributed by atoms with van der Waals surface area (Å²) in [5.41, 5.74) is 3.95. The number of hydrogen-bond donors (Lipinski definition) is 0. The highest BCUT2D eigenvalue weighted by Gasteiger charge is 2.32. The molecule has 0 N–H and O–H groups in total. The molecule has 1 fully saturated rings. The van der Waals surface area contributed by atoms with Crippen LogP contribution in [0.25, 0.3) is 5.69 Å². The minimum absolute atomic E-state index is 0.192. The third-order valence-corrected chi connectivity index (χ3v) is 7.05. The summed E-state index contributed by atoms with van der Waals surface area (Å²) in [6, 6.07) is 21.2. The zero-order valence-electron chi connectivity index (χ0n) is 18.5. The lowest BCUT2D eigenvalue weighted by Gasteiger charge is -2.19. The number of halogens is 2. The molecule has 1 heterocycles. The quantitative estimate of drug-likeness (QED) is 0.299. The predicted octanol–water partition coefficient (Wildman–Crippen LogP) is 6.37. The van der Waals surface area contributed by atoms with Gasteiger partial charge in [-0.2, -0.15) is 0 Å². The first-order chi connectivity index (χ1) is 16.0. The fourth-order valence-corrected chi connectivity index (χ4v) is 5.00. The number of rotatable bonds is 7. The summed E-state index contributed by atoms with van der Waals surface area (Å²) in [5.74, 6) is 0.797. The first-order valence-corrected chi connectivity index (χ1v) is 11.8. The minimum atomic E-state index is -0.290. The molecule has 1 aliphatic carbocycles. The van der Waals surface area contributed by atoms with Crippen molar-refractivity contribution >= 4 is 17.4 Å². The van der Waals surface area contributed by atoms with Crippen LogP contribution in [0.3, 0.4) is 0 Å². The largest absolute Gasteiger partial charge is 0.378 e. The van der Waals surface area contributed by atoms with Crippen molar-refractivity contribution in [2.75, 3.05) is 19.0 Å². The van der Waals surface area contributed by atoms with Gasteiger partial charge in [0.25, 0.3) is 0 Å². The van der Waals surface area contributed by atoms with E-state index >= 15 is 0 Å². The average molecular weight is 463 g/mol. The van der Waals surface area contributed by atoms with E-state index in [-0.39, 0.29) is 16.9 Å². The van der Waals surface area contributed by atoms with E-state index in [1.54, 1.807) is 24.3 Å². The zero-order valence-corrected chi connectivity index (χ0v) is 19.3. The number of anilines is 1. The van der Waals surface area contributed by atoms with Crippen LogP contribution in [-0.2, 0) is 0 Å². The predicted molar refractivity (Wildman–Crippen MR) is 128 cm³/mol. The maximum absolute atomic E-state index is 13.6. The molecular formula is C26H24F2N4S. The summed E-state index contributed by atoms with van der Waals surface area (Å²) in [5, 5.41) is 9.66. The maximum atomic E-state index is 13.6. The molecule has 4 aromatic rings. The molecule has 0 saturated heterocycles. The third kappa shape index (κ3) is 4.64. The summed E-state index contributed by atoms with van der Waals surface area (Å²) >= 11 is 1.54. The molecule has 168 valence electrons. The molecule has 3 aromatic carbocycles. The summed E-state index contributed by atoms with van der Waals surface area (Å²) in [7, 11) is 4.03. The van der Waals surface area contributed by atoms with Crippen LogP contribution in [0.1, 0.15) is 41.0 Å². The maximum Gasteiger partial charge on any atom is 0.196 e. The van der Waals surface area contributed by atoms with Crippen LogP contribution >= 0.6 is 11.8 Å². The van der Waals surface area contributed by atoms with Gasteiger partial charge in [0.05, 0.1) is 5.25 Å². The van der Waals surface area contributed by atoms with Gasteiger partial charge in [0.2, 0.25) is 0 Å². The number of benzene rings is 3. The second kappa shape index (κ2) is 8.98. The lowest BCUT2D eigenvalue weighted by atomic mass is 10.0. The SMILES string of the molecule is CN(C)c1ccc(-n2c(SC(c3ccc(F)cc3)c3ccc(F)cc3)nnc2C2CC2)cc1. The average Bonchev–Trinajstić information content (AvgIpc) is 3.58. The van der Waals surface area contributed by atoms with Crippen LogP contribution in [-0.4, -0.2) is 28.9 Å². The molecule has 7 heteroatoms. The monoisotopic (exact) mass is 462 g/mol. The van der Waals surface area contributed by atoms with Gasteiger partial charge in [-0.05, 0) is 72.5 Å². The molecule has 0 amide bonds. The number of thioether (sulfide) groups is 1. The van der Waals surface area contributed by atoms with E-state index in [1.165, 1.54) is 36.0 Å². The molecule has 0 unspecified atom stereocenters. The lowest BCUT2D eigenvalue weighted by Crippen LogP contribution is -2.09. The van der Waals surface area contributed by atoms with Crippen molar-refractivity contribution < 1.29 is 8.78 Å². The van der Waals surface area contributed by atoms with E-state index in [4.69, 9.17) is 0 Å². The van der Waals surface area contributed by atoms with E-state index < -0.39 is 0 Å². The van der Waals surface area contributed by atoms with Gasteiger partial charge in [0.15, 0.2) is 5.16 Å². The Morgan fingerprint density at radius 3 is 1.85 bits per heavy atom. The smallest absolute Gasteiger partial charge is 0.196 e. The molecule has 0 radical (unpaired) electrons. The van der Waals surface area contributed by atoms with Crippen LogP contribution in [0.2, 0.25) is 0 Å². The second-order valence-electron chi connectivity index (χ2n) is 8.46. The highest BCUT2D eigenvalue weighted by molar-refractivity contribution is 7.99. The van der Waals surface area contributed by atoms with Gasteiger partial charge in [-0.15, -0.1) is 10.2 Å². The number of nitrogens with zero attached hydrogens (tertiary/aromatic N) is 4. The molecular weight excluding hydrogens is 438 g/mol. The Labute approximate surface area is 196 Å². The molecule has 0 spiro atoms. The molecule has 1 aromatic heterocycles. The Bertz CT molecular complexity index is 1190. The van der Waals surface area contributed by atoms with E-state index in [9.17, 15) is 8.78 Å². The fraction of sp³-hybridized carbons (Fsp3) is 0.231. The molecule has 33 heavy (non-hydrogen) atoms. The fourth-order valence-electron chi connectivity index (χ4n) is 3.82. The Kier molecular flexibility index (Phi) is 5.89. The molecule has 1 saturated carbocycles. The van der Waals surface area contributed by atoms with E-state index in [2.05, 4.69) is 43.9 Å². The van der Waals surface area contributed by atoms with Gasteiger partial charge in [0, 0.05) is 31.4 Å². The van der Waals surface area contributed by atoms with Gasteiger partial charge in [-0.3, -0.25) is 4.57 Å². The van der Waals surface area contributed by atoms with Crippen LogP contribution in [0, 0.1) is 11.6 Å². The molecule has 0 atom stereocenters. The molecule has 0 bridgehead atoms. The number of aromatic nitrogens is 3. The van der Waals surface area contributed by atoms with Crippen LogP contribution in [0.5, 0.6) is 0 Å². The summed E-state index contributed by atoms with van der Waals surface area (Å²) in [6.07, 6.45) is 2.22. The topological polar surface area (TPSA) is 34.0 Å². The van der Waals surface area contributed by atoms with Gasteiger partial charge in [-0.1, -0.05) is 36.0 Å². The summed E-state index contributed by atoms with van der Waals surface area (Å²) in [6.45, 7) is 0. The van der Waals surface area contributed by atoms with Gasteiger partial charge < -0.3 is 4.90 Å². The van der Waals surface area contributed by atoms with Crippen molar-refractivity contribution in [3.05, 3.63) is 101 Å². The summed E-state index contributed by atoms with van der Waals surface area (Å²) < 4.78 is 29.4. The van der Waals surface area contributed by atoms with Crippen LogP contribution in [0.15, 0.2) is 78.0 Å². The lowest BCUT2D eigenvalue weighted by molar-refractivity contribution is 0.626. The molecule has 1 aliphatic rings. The molecule has 4 nitrogen and oxygen atoms in total. The summed E-state index contributed by atoms with van der Waals surface area (Å²) in [4.78, 5) is 2.06. The normalized spacial score (nSPS) is 13.5. The molecule has 0 aliphatic heterocycles. The number of hydrogen-bond acceptors (Lipinski definition) is 4. The van der Waals surface area contributed by atoms with E-state index in [1.807, 2.05) is 14.1 Å². The van der Waals surface area contributed by atoms with Crippen molar-refractivity contribution in [1.29, 1.82) is 0 Å². The first-order valence-electron chi connectivity index (χ1n) is 10.9. The highest BCUT2D eigenvalue weighted by atomic mass is 32.2. The van der Waals surface area contributed by atoms with E-state index in [0.717, 1.165) is 46.3 Å². The van der Waals surface area contributed by atoms with Crippen molar-refractivity contribution in [2.24, 2.45) is 0 Å². The Morgan fingerprint density at radius 2 is 1.36 bits per heavy atom. The minimum Gasteiger partial charge on any atom is -0.378 e. The second-order valence-corrected chi connectivity index (χ2v) is 9.53. The Morgan fingerprint density at radius 1 is 0.818 bits per heavy atom. The Hall–Kier alpha value is -3.19. The van der Waals surface area contributed by atoms with Crippen molar-refractivity contribution in [1.82, 2.24) is 14.8 Å². The van der Waals surface area contributed by atoms with Crippen molar-refractivity contribution in [3.8, 4) is 5.69 Å². The Balaban J connectivity index is 1.57. The molecule has 5 rings (SSSR count). The van der Waals surface area contributed by atoms with Crippen LogP contribution in [0.4, 0.5) is 14.5 Å². The highest BCUT2D eigenvalue weighted by Crippen LogP contribution is 2.45. The van der Waals surface area contributed by atoms with Gasteiger partial charge in [0.1, 0.15) is 17.5 Å². The van der Waals surface area contributed by atoms with E-state index in [0.29, 0.717) is 5.92 Å². The van der Waals surface area contributed by atoms with Gasteiger partial charge >= 0.3 is 0 Å².